The van der Waals surface area contributed by atoms with Crippen LogP contribution in [-0.4, -0.2) is 60.2 Å². The lowest BCUT2D eigenvalue weighted by molar-refractivity contribution is -0.130. The average molecular weight is 350 g/mol. The van der Waals surface area contributed by atoms with Crippen molar-refractivity contribution in [3.63, 3.8) is 0 Å². The van der Waals surface area contributed by atoms with Crippen LogP contribution in [0.25, 0.3) is 0 Å². The van der Waals surface area contributed by atoms with Crippen molar-refractivity contribution in [2.24, 2.45) is 0 Å². The molecule has 132 valence electrons. The summed E-state index contributed by atoms with van der Waals surface area (Å²) in [6.07, 6.45) is 1.86. The SMILES string of the molecule is COCCN(C(=S)Nc1ccc(C)cc1)C1CCN(C(C)=O)CC1. The Balaban J connectivity index is 2.00. The number of anilines is 1. The van der Waals surface area contributed by atoms with Gasteiger partial charge in [-0.3, -0.25) is 4.79 Å². The van der Waals surface area contributed by atoms with Gasteiger partial charge in [-0.2, -0.15) is 0 Å². The molecule has 1 amide bonds. The predicted molar refractivity (Wildman–Crippen MR) is 101 cm³/mol. The van der Waals surface area contributed by atoms with E-state index in [4.69, 9.17) is 17.0 Å². The lowest BCUT2D eigenvalue weighted by atomic mass is 10.0. The van der Waals surface area contributed by atoms with Gasteiger partial charge in [-0.25, -0.2) is 0 Å². The molecule has 0 radical (unpaired) electrons. The number of benzene rings is 1. The van der Waals surface area contributed by atoms with Gasteiger partial charge in [-0.1, -0.05) is 17.7 Å². The first-order chi connectivity index (χ1) is 11.5. The van der Waals surface area contributed by atoms with E-state index in [1.54, 1.807) is 14.0 Å². The Kier molecular flexibility index (Phi) is 6.99. The average Bonchev–Trinajstić information content (AvgIpc) is 2.58. The zero-order chi connectivity index (χ0) is 17.5. The number of methoxy groups -OCH3 is 1. The van der Waals surface area contributed by atoms with Crippen LogP contribution in [-0.2, 0) is 9.53 Å². The number of aryl methyl sites for hydroxylation is 1. The number of hydrogen-bond acceptors (Lipinski definition) is 3. The summed E-state index contributed by atoms with van der Waals surface area (Å²) in [6.45, 7) is 6.65. The van der Waals surface area contributed by atoms with E-state index in [-0.39, 0.29) is 5.91 Å². The van der Waals surface area contributed by atoms with Gasteiger partial charge >= 0.3 is 0 Å². The fraction of sp³-hybridized carbons (Fsp3) is 0.556. The summed E-state index contributed by atoms with van der Waals surface area (Å²) in [5, 5.41) is 4.05. The fourth-order valence-electron chi connectivity index (χ4n) is 2.96. The van der Waals surface area contributed by atoms with Crippen molar-refractivity contribution in [1.29, 1.82) is 0 Å². The lowest BCUT2D eigenvalue weighted by Crippen LogP contribution is -2.50. The molecule has 0 aromatic heterocycles. The quantitative estimate of drug-likeness (QED) is 0.828. The van der Waals surface area contributed by atoms with Crippen molar-refractivity contribution in [1.82, 2.24) is 9.80 Å². The number of hydrogen-bond donors (Lipinski definition) is 1. The number of carbonyl (C=O) groups excluding carboxylic acids is 1. The highest BCUT2D eigenvalue weighted by Crippen LogP contribution is 2.19. The highest BCUT2D eigenvalue weighted by atomic mass is 32.1. The maximum absolute atomic E-state index is 11.5. The molecule has 1 aliphatic rings. The van der Waals surface area contributed by atoms with E-state index >= 15 is 0 Å². The Bertz CT molecular complexity index is 554. The summed E-state index contributed by atoms with van der Waals surface area (Å²) in [6, 6.07) is 8.54. The minimum Gasteiger partial charge on any atom is -0.383 e. The van der Waals surface area contributed by atoms with Crippen LogP contribution in [0.4, 0.5) is 5.69 Å². The van der Waals surface area contributed by atoms with Crippen molar-refractivity contribution >= 4 is 28.9 Å². The Morgan fingerprint density at radius 2 is 1.96 bits per heavy atom. The van der Waals surface area contributed by atoms with Gasteiger partial charge in [-0.05, 0) is 44.1 Å². The second kappa shape index (κ2) is 8.99. The van der Waals surface area contributed by atoms with E-state index < -0.39 is 0 Å². The number of nitrogens with zero attached hydrogens (tertiary/aromatic N) is 2. The number of nitrogens with one attached hydrogen (secondary N) is 1. The molecule has 6 heteroatoms. The van der Waals surface area contributed by atoms with Crippen LogP contribution in [0.1, 0.15) is 25.3 Å². The van der Waals surface area contributed by atoms with E-state index in [1.807, 2.05) is 17.0 Å². The van der Waals surface area contributed by atoms with E-state index in [1.165, 1.54) is 5.56 Å². The normalized spacial score (nSPS) is 15.2. The van der Waals surface area contributed by atoms with Gasteiger partial charge in [0.2, 0.25) is 5.91 Å². The van der Waals surface area contributed by atoms with Crippen molar-refractivity contribution in [2.75, 3.05) is 38.7 Å². The van der Waals surface area contributed by atoms with Crippen LogP contribution in [0.5, 0.6) is 0 Å². The second-order valence-corrected chi connectivity index (χ2v) is 6.61. The van der Waals surface area contributed by atoms with Gasteiger partial charge in [0.05, 0.1) is 6.61 Å². The van der Waals surface area contributed by atoms with Gasteiger partial charge in [0.25, 0.3) is 0 Å². The number of likely N-dealkylation sites (tertiary alicyclic amines) is 1. The minimum absolute atomic E-state index is 0.150. The molecule has 1 N–H and O–H groups in total. The molecule has 0 atom stereocenters. The van der Waals surface area contributed by atoms with Gasteiger partial charge in [0.15, 0.2) is 5.11 Å². The molecule has 1 aromatic carbocycles. The van der Waals surface area contributed by atoms with Crippen LogP contribution >= 0.6 is 12.2 Å². The van der Waals surface area contributed by atoms with Crippen LogP contribution in [0.2, 0.25) is 0 Å². The van der Waals surface area contributed by atoms with Crippen LogP contribution in [0.3, 0.4) is 0 Å². The second-order valence-electron chi connectivity index (χ2n) is 6.22. The smallest absolute Gasteiger partial charge is 0.219 e. The van der Waals surface area contributed by atoms with Crippen molar-refractivity contribution in [3.05, 3.63) is 29.8 Å². The number of ether oxygens (including phenoxy) is 1. The first kappa shape index (κ1) is 18.7. The molecule has 0 bridgehead atoms. The number of carbonyl (C=O) groups is 1. The van der Waals surface area contributed by atoms with E-state index in [2.05, 4.69) is 29.3 Å². The topological polar surface area (TPSA) is 44.8 Å². The highest BCUT2D eigenvalue weighted by Gasteiger charge is 2.27. The van der Waals surface area contributed by atoms with Gasteiger partial charge in [0, 0.05) is 45.4 Å². The molecule has 24 heavy (non-hydrogen) atoms. The summed E-state index contributed by atoms with van der Waals surface area (Å²) in [7, 11) is 1.70. The lowest BCUT2D eigenvalue weighted by Gasteiger charge is -2.39. The number of thiocarbonyl (C=S) groups is 1. The van der Waals surface area contributed by atoms with Crippen molar-refractivity contribution in [2.45, 2.75) is 32.7 Å². The summed E-state index contributed by atoms with van der Waals surface area (Å²) >= 11 is 5.64. The summed E-state index contributed by atoms with van der Waals surface area (Å²) in [5.74, 6) is 0.150. The molecule has 1 aromatic rings. The predicted octanol–water partition coefficient (Wildman–Crippen LogP) is 2.65. The molecule has 0 aliphatic carbocycles. The largest absolute Gasteiger partial charge is 0.383 e. The van der Waals surface area contributed by atoms with Crippen molar-refractivity contribution < 1.29 is 9.53 Å². The molecular weight excluding hydrogens is 322 g/mol. The molecule has 0 saturated carbocycles. The molecular formula is C18H27N3O2S. The highest BCUT2D eigenvalue weighted by molar-refractivity contribution is 7.80. The van der Waals surface area contributed by atoms with E-state index in [0.29, 0.717) is 12.6 Å². The standard InChI is InChI=1S/C18H27N3O2S/c1-14-4-6-16(7-5-14)19-18(24)21(12-13-23-3)17-8-10-20(11-9-17)15(2)22/h4-7,17H,8-13H2,1-3H3,(H,19,24). The zero-order valence-electron chi connectivity index (χ0n) is 14.7. The maximum Gasteiger partial charge on any atom is 0.219 e. The number of amides is 1. The molecule has 1 aliphatic heterocycles. The number of rotatable bonds is 5. The van der Waals surface area contributed by atoms with E-state index in [0.717, 1.165) is 43.3 Å². The third-order valence-electron chi connectivity index (χ3n) is 4.45. The Hall–Kier alpha value is -1.66. The molecule has 1 fully saturated rings. The Morgan fingerprint density at radius 1 is 1.33 bits per heavy atom. The molecule has 1 saturated heterocycles. The third kappa shape index (κ3) is 5.18. The van der Waals surface area contributed by atoms with E-state index in [9.17, 15) is 4.79 Å². The molecule has 0 spiro atoms. The minimum atomic E-state index is 0.150. The van der Waals surface area contributed by atoms with Gasteiger partial charge in [-0.15, -0.1) is 0 Å². The summed E-state index contributed by atoms with van der Waals surface area (Å²) in [5.41, 5.74) is 2.22. The maximum atomic E-state index is 11.5. The van der Waals surface area contributed by atoms with Crippen LogP contribution in [0.15, 0.2) is 24.3 Å². The summed E-state index contributed by atoms with van der Waals surface area (Å²) < 4.78 is 5.24. The first-order valence-electron chi connectivity index (χ1n) is 8.40. The molecule has 2 rings (SSSR count). The van der Waals surface area contributed by atoms with Crippen LogP contribution in [0, 0.1) is 6.92 Å². The monoisotopic (exact) mass is 349 g/mol. The molecule has 1 heterocycles. The fourth-order valence-corrected chi connectivity index (χ4v) is 3.32. The zero-order valence-corrected chi connectivity index (χ0v) is 15.6. The molecule has 5 nitrogen and oxygen atoms in total. The van der Waals surface area contributed by atoms with Crippen LogP contribution < -0.4 is 5.32 Å². The third-order valence-corrected chi connectivity index (χ3v) is 4.79. The molecule has 0 unspecified atom stereocenters. The van der Waals surface area contributed by atoms with Gasteiger partial charge < -0.3 is 19.9 Å². The van der Waals surface area contributed by atoms with Gasteiger partial charge in [0.1, 0.15) is 0 Å². The Morgan fingerprint density at radius 3 is 2.50 bits per heavy atom. The van der Waals surface area contributed by atoms with Crippen molar-refractivity contribution in [3.8, 4) is 0 Å². The number of piperidine rings is 1. The first-order valence-corrected chi connectivity index (χ1v) is 8.81. The Labute approximate surface area is 150 Å². The summed E-state index contributed by atoms with van der Waals surface area (Å²) in [4.78, 5) is 15.6.